The van der Waals surface area contributed by atoms with Gasteiger partial charge in [-0.25, -0.2) is 0 Å². The van der Waals surface area contributed by atoms with Crippen molar-refractivity contribution in [3.63, 3.8) is 0 Å². The zero-order valence-corrected chi connectivity index (χ0v) is 9.00. The van der Waals surface area contributed by atoms with Crippen LogP contribution in [-0.2, 0) is 9.59 Å². The highest BCUT2D eigenvalue weighted by Crippen LogP contribution is 2.30. The van der Waals surface area contributed by atoms with Gasteiger partial charge in [0.25, 0.3) is 0 Å². The van der Waals surface area contributed by atoms with Crippen LogP contribution in [0.15, 0.2) is 0 Å². The summed E-state index contributed by atoms with van der Waals surface area (Å²) in [5.74, 6) is 0.0146. The van der Waals surface area contributed by atoms with Crippen LogP contribution in [0.5, 0.6) is 0 Å². The SMILES string of the molecule is O=C(O)CCCNC(=O)CCC1CCC1. The molecule has 0 aromatic heterocycles. The maximum Gasteiger partial charge on any atom is 0.303 e. The second-order valence-corrected chi connectivity index (χ2v) is 4.18. The molecule has 1 saturated carbocycles. The molecule has 2 N–H and O–H groups in total. The molecule has 4 heteroatoms. The highest BCUT2D eigenvalue weighted by Gasteiger charge is 2.17. The summed E-state index contributed by atoms with van der Waals surface area (Å²) in [5, 5.41) is 11.1. The summed E-state index contributed by atoms with van der Waals surface area (Å²) in [6.45, 7) is 0.482. The van der Waals surface area contributed by atoms with E-state index in [1.165, 1.54) is 19.3 Å². The minimum absolute atomic E-state index is 0.0623. The molecule has 15 heavy (non-hydrogen) atoms. The summed E-state index contributed by atoms with van der Waals surface area (Å²) < 4.78 is 0. The van der Waals surface area contributed by atoms with Crippen LogP contribution in [0, 0.1) is 5.92 Å². The van der Waals surface area contributed by atoms with E-state index in [0.717, 1.165) is 12.3 Å². The Morgan fingerprint density at radius 2 is 2.00 bits per heavy atom. The molecule has 86 valence electrons. The second-order valence-electron chi connectivity index (χ2n) is 4.18. The van der Waals surface area contributed by atoms with Crippen molar-refractivity contribution in [1.82, 2.24) is 5.32 Å². The number of carbonyl (C=O) groups is 2. The van der Waals surface area contributed by atoms with Crippen molar-refractivity contribution in [2.45, 2.75) is 44.9 Å². The fraction of sp³-hybridized carbons (Fsp3) is 0.818. The second kappa shape index (κ2) is 6.43. The highest BCUT2D eigenvalue weighted by atomic mass is 16.4. The van der Waals surface area contributed by atoms with Crippen molar-refractivity contribution in [3.8, 4) is 0 Å². The number of nitrogens with one attached hydrogen (secondary N) is 1. The van der Waals surface area contributed by atoms with Crippen LogP contribution in [-0.4, -0.2) is 23.5 Å². The Balaban J connectivity index is 1.91. The molecule has 0 aromatic rings. The van der Waals surface area contributed by atoms with Gasteiger partial charge < -0.3 is 10.4 Å². The quantitative estimate of drug-likeness (QED) is 0.630. The van der Waals surface area contributed by atoms with Crippen LogP contribution in [0.2, 0.25) is 0 Å². The van der Waals surface area contributed by atoms with E-state index in [1.54, 1.807) is 0 Å². The van der Waals surface area contributed by atoms with E-state index in [2.05, 4.69) is 5.32 Å². The maximum absolute atomic E-state index is 11.3. The van der Waals surface area contributed by atoms with Gasteiger partial charge in [-0.15, -0.1) is 0 Å². The first-order valence-corrected chi connectivity index (χ1v) is 5.67. The molecular formula is C11H19NO3. The molecule has 0 heterocycles. The third-order valence-corrected chi connectivity index (χ3v) is 2.89. The van der Waals surface area contributed by atoms with E-state index in [0.29, 0.717) is 19.4 Å². The first-order valence-electron chi connectivity index (χ1n) is 5.67. The van der Waals surface area contributed by atoms with Gasteiger partial charge in [0.2, 0.25) is 5.91 Å². The number of carboxylic acids is 1. The Bertz CT molecular complexity index is 224. The molecular weight excluding hydrogens is 194 g/mol. The van der Waals surface area contributed by atoms with Gasteiger partial charge in [0.05, 0.1) is 0 Å². The van der Waals surface area contributed by atoms with E-state index in [1.807, 2.05) is 0 Å². The van der Waals surface area contributed by atoms with Crippen molar-refractivity contribution in [2.75, 3.05) is 6.54 Å². The standard InChI is InChI=1S/C11H19NO3/c13-10(7-6-9-3-1-4-9)12-8-2-5-11(14)15/h9H,1-8H2,(H,12,13)(H,14,15). The summed E-state index contributed by atoms with van der Waals surface area (Å²) >= 11 is 0. The van der Waals surface area contributed by atoms with Gasteiger partial charge in [0.15, 0.2) is 0 Å². The first kappa shape index (κ1) is 12.0. The Kier molecular flexibility index (Phi) is 5.15. The van der Waals surface area contributed by atoms with Crippen LogP contribution in [0.1, 0.15) is 44.9 Å². The molecule has 0 spiro atoms. The lowest BCUT2D eigenvalue weighted by Gasteiger charge is -2.24. The van der Waals surface area contributed by atoms with Crippen LogP contribution >= 0.6 is 0 Å². The molecule has 0 saturated heterocycles. The van der Waals surface area contributed by atoms with Crippen molar-refractivity contribution in [1.29, 1.82) is 0 Å². The van der Waals surface area contributed by atoms with E-state index in [9.17, 15) is 9.59 Å². The predicted molar refractivity (Wildman–Crippen MR) is 56.5 cm³/mol. The average Bonchev–Trinajstić information content (AvgIpc) is 2.09. The van der Waals surface area contributed by atoms with Crippen LogP contribution in [0.4, 0.5) is 0 Å². The largest absolute Gasteiger partial charge is 0.481 e. The maximum atomic E-state index is 11.3. The monoisotopic (exact) mass is 213 g/mol. The molecule has 0 radical (unpaired) electrons. The Hall–Kier alpha value is -1.06. The third-order valence-electron chi connectivity index (χ3n) is 2.89. The zero-order chi connectivity index (χ0) is 11.1. The lowest BCUT2D eigenvalue weighted by molar-refractivity contribution is -0.137. The first-order chi connectivity index (χ1) is 7.18. The molecule has 1 fully saturated rings. The number of hydrogen-bond donors (Lipinski definition) is 2. The van der Waals surface area contributed by atoms with E-state index >= 15 is 0 Å². The Morgan fingerprint density at radius 3 is 2.53 bits per heavy atom. The topological polar surface area (TPSA) is 66.4 Å². The third kappa shape index (κ3) is 5.40. The predicted octanol–water partition coefficient (Wildman–Crippen LogP) is 1.55. The number of hydrogen-bond acceptors (Lipinski definition) is 2. The van der Waals surface area contributed by atoms with Crippen molar-refractivity contribution in [3.05, 3.63) is 0 Å². The Labute approximate surface area is 90.0 Å². The summed E-state index contributed by atoms with van der Waals surface area (Å²) in [7, 11) is 0. The average molecular weight is 213 g/mol. The van der Waals surface area contributed by atoms with Crippen LogP contribution in [0.3, 0.4) is 0 Å². The number of amides is 1. The van der Waals surface area contributed by atoms with E-state index in [4.69, 9.17) is 5.11 Å². The molecule has 1 amide bonds. The number of carboxylic acid groups (broad SMARTS) is 1. The fourth-order valence-corrected chi connectivity index (χ4v) is 1.67. The van der Waals surface area contributed by atoms with Gasteiger partial charge >= 0.3 is 5.97 Å². The number of carbonyl (C=O) groups excluding carboxylic acids is 1. The lowest BCUT2D eigenvalue weighted by atomic mass is 9.82. The molecule has 1 aliphatic carbocycles. The van der Waals surface area contributed by atoms with Gasteiger partial charge in [-0.2, -0.15) is 0 Å². The van der Waals surface area contributed by atoms with Crippen LogP contribution in [0.25, 0.3) is 0 Å². The smallest absolute Gasteiger partial charge is 0.303 e. The summed E-state index contributed by atoms with van der Waals surface area (Å²) in [6, 6.07) is 0. The van der Waals surface area contributed by atoms with E-state index < -0.39 is 5.97 Å². The molecule has 0 atom stereocenters. The molecule has 1 rings (SSSR count). The minimum atomic E-state index is -0.807. The number of aliphatic carboxylic acids is 1. The lowest BCUT2D eigenvalue weighted by Crippen LogP contribution is -2.26. The van der Waals surface area contributed by atoms with Gasteiger partial charge in [-0.1, -0.05) is 19.3 Å². The van der Waals surface area contributed by atoms with Gasteiger partial charge in [-0.05, 0) is 18.8 Å². The normalized spacial score (nSPS) is 15.7. The van der Waals surface area contributed by atoms with Gasteiger partial charge in [0.1, 0.15) is 0 Å². The van der Waals surface area contributed by atoms with Crippen LogP contribution < -0.4 is 5.32 Å². The minimum Gasteiger partial charge on any atom is -0.481 e. The van der Waals surface area contributed by atoms with Crippen molar-refractivity contribution < 1.29 is 14.7 Å². The molecule has 4 nitrogen and oxygen atoms in total. The molecule has 1 aliphatic rings. The van der Waals surface area contributed by atoms with E-state index in [-0.39, 0.29) is 12.3 Å². The summed E-state index contributed by atoms with van der Waals surface area (Å²) in [4.78, 5) is 21.5. The summed E-state index contributed by atoms with van der Waals surface area (Å²) in [6.07, 6.45) is 6.08. The summed E-state index contributed by atoms with van der Waals surface area (Å²) in [5.41, 5.74) is 0. The number of rotatable bonds is 7. The van der Waals surface area contributed by atoms with Crippen molar-refractivity contribution >= 4 is 11.9 Å². The molecule has 0 aromatic carbocycles. The highest BCUT2D eigenvalue weighted by molar-refractivity contribution is 5.75. The molecule has 0 aliphatic heterocycles. The van der Waals surface area contributed by atoms with Gasteiger partial charge in [0, 0.05) is 19.4 Å². The molecule has 0 bridgehead atoms. The molecule has 0 unspecified atom stereocenters. The zero-order valence-electron chi connectivity index (χ0n) is 9.00. The Morgan fingerprint density at radius 1 is 1.27 bits per heavy atom. The van der Waals surface area contributed by atoms with Crippen molar-refractivity contribution in [2.24, 2.45) is 5.92 Å². The fourth-order valence-electron chi connectivity index (χ4n) is 1.67. The van der Waals surface area contributed by atoms with Gasteiger partial charge in [-0.3, -0.25) is 9.59 Å².